The molecule has 1 amide bonds. The van der Waals surface area contributed by atoms with Gasteiger partial charge < -0.3 is 9.64 Å². The van der Waals surface area contributed by atoms with E-state index < -0.39 is 0 Å². The average Bonchev–Trinajstić information content (AvgIpc) is 3.37. The van der Waals surface area contributed by atoms with Crippen LogP contribution < -0.4 is 0 Å². The van der Waals surface area contributed by atoms with E-state index in [9.17, 15) is 4.79 Å². The Morgan fingerprint density at radius 3 is 2.85 bits per heavy atom. The minimum absolute atomic E-state index is 0.115. The Labute approximate surface area is 156 Å². The number of morpholine rings is 1. The Hall–Kier alpha value is -3.07. The highest BCUT2D eigenvalue weighted by Gasteiger charge is 2.29. The highest BCUT2D eigenvalue weighted by Crippen LogP contribution is 2.22. The van der Waals surface area contributed by atoms with Gasteiger partial charge in [-0.2, -0.15) is 9.90 Å². The van der Waals surface area contributed by atoms with E-state index in [-0.39, 0.29) is 12.0 Å². The molecule has 1 aliphatic heterocycles. The summed E-state index contributed by atoms with van der Waals surface area (Å²) in [5, 5.41) is 19.1. The molecule has 0 spiro atoms. The van der Waals surface area contributed by atoms with Gasteiger partial charge in [0.25, 0.3) is 5.91 Å². The van der Waals surface area contributed by atoms with Gasteiger partial charge >= 0.3 is 0 Å². The summed E-state index contributed by atoms with van der Waals surface area (Å²) in [5.41, 5.74) is 3.45. The van der Waals surface area contributed by atoms with Crippen molar-refractivity contribution in [1.82, 2.24) is 35.3 Å². The van der Waals surface area contributed by atoms with Crippen LogP contribution in [0.5, 0.6) is 0 Å². The number of aromatic nitrogens is 6. The number of tetrazole rings is 1. The third-order valence-electron chi connectivity index (χ3n) is 4.63. The molecule has 140 valence electrons. The van der Waals surface area contributed by atoms with Crippen LogP contribution in [0.2, 0.25) is 0 Å². The smallest absolute Gasteiger partial charge is 0.272 e. The summed E-state index contributed by atoms with van der Waals surface area (Å²) in [6.45, 7) is 3.43. The summed E-state index contributed by atoms with van der Waals surface area (Å²) in [6.07, 6.45) is 0.615. The molecule has 3 heterocycles. The van der Waals surface area contributed by atoms with Crippen LogP contribution in [0.4, 0.5) is 0 Å². The number of amides is 1. The third kappa shape index (κ3) is 3.59. The summed E-state index contributed by atoms with van der Waals surface area (Å²) in [6, 6.07) is 9.98. The molecule has 9 nitrogen and oxygen atoms in total. The normalized spacial score (nSPS) is 17.3. The van der Waals surface area contributed by atoms with E-state index in [1.807, 2.05) is 12.1 Å². The Morgan fingerprint density at radius 1 is 1.33 bits per heavy atom. The van der Waals surface area contributed by atoms with E-state index in [4.69, 9.17) is 4.74 Å². The molecule has 1 fully saturated rings. The van der Waals surface area contributed by atoms with Gasteiger partial charge in [0, 0.05) is 12.1 Å². The van der Waals surface area contributed by atoms with Gasteiger partial charge in [-0.25, -0.2) is 0 Å². The van der Waals surface area contributed by atoms with Crippen LogP contribution in [0.3, 0.4) is 0 Å². The maximum Gasteiger partial charge on any atom is 0.272 e. The number of hydrogen-bond acceptors (Lipinski definition) is 6. The highest BCUT2D eigenvalue weighted by molar-refractivity contribution is 5.93. The first-order valence-electron chi connectivity index (χ1n) is 8.93. The fourth-order valence-corrected chi connectivity index (χ4v) is 3.08. The molecule has 2 aromatic heterocycles. The Kier molecular flexibility index (Phi) is 4.68. The van der Waals surface area contributed by atoms with Crippen molar-refractivity contribution in [3.8, 4) is 11.3 Å². The Bertz CT molecular complexity index is 931. The number of carbonyl (C=O) groups is 1. The lowest BCUT2D eigenvalue weighted by Gasteiger charge is -2.31. The zero-order chi connectivity index (χ0) is 18.8. The van der Waals surface area contributed by atoms with Crippen molar-refractivity contribution in [3.63, 3.8) is 0 Å². The molecule has 1 aromatic carbocycles. The summed E-state index contributed by atoms with van der Waals surface area (Å²) < 4.78 is 5.69. The maximum atomic E-state index is 12.9. The lowest BCUT2D eigenvalue weighted by Crippen LogP contribution is -2.42. The van der Waals surface area contributed by atoms with Crippen molar-refractivity contribution < 1.29 is 9.53 Å². The van der Waals surface area contributed by atoms with Crippen LogP contribution in [0, 0.1) is 0 Å². The predicted molar refractivity (Wildman–Crippen MR) is 96.8 cm³/mol. The molecule has 0 radical (unpaired) electrons. The van der Waals surface area contributed by atoms with Crippen molar-refractivity contribution in [2.45, 2.75) is 19.4 Å². The van der Waals surface area contributed by atoms with Gasteiger partial charge in [0.2, 0.25) is 5.82 Å². The number of ether oxygens (including phenoxy) is 1. The van der Waals surface area contributed by atoms with E-state index >= 15 is 0 Å². The lowest BCUT2D eigenvalue weighted by molar-refractivity contribution is -0.0271. The van der Waals surface area contributed by atoms with E-state index in [2.05, 4.69) is 44.7 Å². The minimum Gasteiger partial charge on any atom is -0.366 e. The van der Waals surface area contributed by atoms with E-state index in [1.165, 1.54) is 10.4 Å². The van der Waals surface area contributed by atoms with E-state index in [1.54, 1.807) is 18.0 Å². The molecule has 1 aliphatic rings. The lowest BCUT2D eigenvalue weighted by atomic mass is 10.1. The van der Waals surface area contributed by atoms with Crippen LogP contribution >= 0.6 is 0 Å². The quantitative estimate of drug-likeness (QED) is 0.747. The van der Waals surface area contributed by atoms with Crippen LogP contribution in [-0.4, -0.2) is 60.9 Å². The molecule has 4 rings (SSSR count). The van der Waals surface area contributed by atoms with Gasteiger partial charge in [-0.1, -0.05) is 31.2 Å². The first-order valence-corrected chi connectivity index (χ1v) is 8.93. The van der Waals surface area contributed by atoms with Gasteiger partial charge in [0.15, 0.2) is 0 Å². The zero-order valence-electron chi connectivity index (χ0n) is 15.3. The van der Waals surface area contributed by atoms with E-state index in [0.29, 0.717) is 31.2 Å². The standard InChI is InChI=1S/C18H21N7O2/c1-3-12-4-6-13(7-5-12)14-10-15(20-19-14)18(26)25-8-9-27-16(11-25)17-21-23-24(2)22-17/h4-7,10,16H,3,8-9,11H2,1-2H3,(H,19,20). The molecular formula is C18H21N7O2. The van der Waals surface area contributed by atoms with E-state index in [0.717, 1.165) is 17.7 Å². The molecule has 3 aromatic rings. The maximum absolute atomic E-state index is 12.9. The molecule has 1 atom stereocenters. The molecule has 9 heteroatoms. The van der Waals surface area contributed by atoms with Crippen molar-refractivity contribution >= 4 is 5.91 Å². The third-order valence-corrected chi connectivity index (χ3v) is 4.63. The largest absolute Gasteiger partial charge is 0.366 e. The fraction of sp³-hybridized carbons (Fsp3) is 0.389. The number of nitrogens with zero attached hydrogens (tertiary/aromatic N) is 6. The number of benzene rings is 1. The number of H-pyrrole nitrogens is 1. The number of aromatic amines is 1. The van der Waals surface area contributed by atoms with Gasteiger partial charge in [0.05, 0.1) is 25.9 Å². The second-order valence-corrected chi connectivity index (χ2v) is 6.47. The zero-order valence-corrected chi connectivity index (χ0v) is 15.3. The molecule has 0 saturated carbocycles. The average molecular weight is 367 g/mol. The summed E-state index contributed by atoms with van der Waals surface area (Å²) in [5.74, 6) is 0.368. The summed E-state index contributed by atoms with van der Waals surface area (Å²) in [4.78, 5) is 16.0. The molecule has 0 bridgehead atoms. The van der Waals surface area contributed by atoms with Crippen LogP contribution in [0.1, 0.15) is 34.9 Å². The number of aryl methyl sites for hydroxylation is 2. The second kappa shape index (κ2) is 7.28. The van der Waals surface area contributed by atoms with Crippen LogP contribution in [0.15, 0.2) is 30.3 Å². The predicted octanol–water partition coefficient (Wildman–Crippen LogP) is 1.38. The molecule has 0 aliphatic carbocycles. The fourth-order valence-electron chi connectivity index (χ4n) is 3.08. The van der Waals surface area contributed by atoms with Crippen molar-refractivity contribution in [1.29, 1.82) is 0 Å². The molecule has 1 N–H and O–H groups in total. The van der Waals surface area contributed by atoms with Crippen molar-refractivity contribution in [2.75, 3.05) is 19.7 Å². The van der Waals surface area contributed by atoms with Crippen LogP contribution in [-0.2, 0) is 18.2 Å². The number of rotatable bonds is 4. The molecular weight excluding hydrogens is 346 g/mol. The van der Waals surface area contributed by atoms with Gasteiger partial charge in [-0.15, -0.1) is 10.2 Å². The molecule has 1 unspecified atom stereocenters. The monoisotopic (exact) mass is 367 g/mol. The number of nitrogens with one attached hydrogen (secondary N) is 1. The Balaban J connectivity index is 1.48. The highest BCUT2D eigenvalue weighted by atomic mass is 16.5. The first-order chi connectivity index (χ1) is 13.1. The van der Waals surface area contributed by atoms with Crippen molar-refractivity contribution in [3.05, 3.63) is 47.4 Å². The number of hydrogen-bond donors (Lipinski definition) is 1. The van der Waals surface area contributed by atoms with Crippen LogP contribution in [0.25, 0.3) is 11.3 Å². The van der Waals surface area contributed by atoms with Gasteiger partial charge in [-0.3, -0.25) is 9.89 Å². The van der Waals surface area contributed by atoms with Gasteiger partial charge in [-0.05, 0) is 23.3 Å². The summed E-state index contributed by atoms with van der Waals surface area (Å²) >= 11 is 0. The Morgan fingerprint density at radius 2 is 2.15 bits per heavy atom. The number of carbonyl (C=O) groups excluding carboxylic acids is 1. The molecule has 1 saturated heterocycles. The topological polar surface area (TPSA) is 102 Å². The SMILES string of the molecule is CCc1ccc(-c2cc(C(=O)N3CCOC(c4nnn(C)n4)C3)[nH]n2)cc1. The van der Waals surface area contributed by atoms with Crippen molar-refractivity contribution in [2.24, 2.45) is 7.05 Å². The summed E-state index contributed by atoms with van der Waals surface area (Å²) in [7, 11) is 1.70. The molecule has 27 heavy (non-hydrogen) atoms. The minimum atomic E-state index is -0.375. The first kappa shape index (κ1) is 17.3. The second-order valence-electron chi connectivity index (χ2n) is 6.47. The van der Waals surface area contributed by atoms with Gasteiger partial charge in [0.1, 0.15) is 11.8 Å².